The maximum absolute atomic E-state index is 12.9. The van der Waals surface area contributed by atoms with Crippen LogP contribution in [0.5, 0.6) is 0 Å². The average molecular weight is 539 g/mol. The highest BCUT2D eigenvalue weighted by Crippen LogP contribution is 2.44. The van der Waals surface area contributed by atoms with Crippen molar-refractivity contribution in [3.8, 4) is 11.1 Å². The molecule has 0 saturated carbocycles. The molecule has 2 aromatic carbocycles. The van der Waals surface area contributed by atoms with Crippen LogP contribution in [0, 0.1) is 0 Å². The lowest BCUT2D eigenvalue weighted by Gasteiger charge is -2.26. The number of alkyl carbamates (subject to hydrolysis) is 1. The van der Waals surface area contributed by atoms with Crippen LogP contribution in [0.2, 0.25) is 0 Å². The van der Waals surface area contributed by atoms with Gasteiger partial charge >= 0.3 is 18.0 Å². The van der Waals surface area contributed by atoms with Crippen LogP contribution in [0.1, 0.15) is 65.0 Å². The number of nitrogens with zero attached hydrogens (tertiary/aromatic N) is 1. The van der Waals surface area contributed by atoms with Crippen molar-refractivity contribution >= 4 is 23.9 Å². The molecule has 0 spiro atoms. The summed E-state index contributed by atoms with van der Waals surface area (Å²) in [6.45, 7) is 9.55. The Labute approximate surface area is 229 Å². The van der Waals surface area contributed by atoms with Crippen molar-refractivity contribution in [3.63, 3.8) is 0 Å². The highest BCUT2D eigenvalue weighted by Gasteiger charge is 2.29. The summed E-state index contributed by atoms with van der Waals surface area (Å²) in [6, 6.07) is 16.1. The molecule has 0 heterocycles. The third-order valence-electron chi connectivity index (χ3n) is 5.78. The van der Waals surface area contributed by atoms with Gasteiger partial charge < -0.3 is 24.4 Å². The predicted octanol–water partition coefficient (Wildman–Crippen LogP) is 4.43. The first-order chi connectivity index (χ1) is 18.2. The molecule has 2 amide bonds. The van der Waals surface area contributed by atoms with E-state index in [0.29, 0.717) is 0 Å². The molecule has 1 aliphatic rings. The van der Waals surface area contributed by atoms with Gasteiger partial charge in [0.25, 0.3) is 0 Å². The molecular formula is C30H38N2O7. The summed E-state index contributed by atoms with van der Waals surface area (Å²) in [5.41, 5.74) is 2.96. The predicted molar refractivity (Wildman–Crippen MR) is 146 cm³/mol. The van der Waals surface area contributed by atoms with Crippen LogP contribution in [0.4, 0.5) is 4.79 Å². The van der Waals surface area contributed by atoms with Gasteiger partial charge in [-0.25, -0.2) is 4.79 Å². The van der Waals surface area contributed by atoms with Crippen molar-refractivity contribution in [2.75, 3.05) is 26.2 Å². The second-order valence-corrected chi connectivity index (χ2v) is 11.4. The van der Waals surface area contributed by atoms with Crippen LogP contribution in [0.25, 0.3) is 11.1 Å². The zero-order valence-corrected chi connectivity index (χ0v) is 23.5. The third kappa shape index (κ3) is 8.84. The highest BCUT2D eigenvalue weighted by atomic mass is 16.6. The van der Waals surface area contributed by atoms with Crippen molar-refractivity contribution < 1.29 is 33.4 Å². The van der Waals surface area contributed by atoms with Crippen molar-refractivity contribution in [1.29, 1.82) is 0 Å². The lowest BCUT2D eigenvalue weighted by atomic mass is 9.98. The molecule has 1 N–H and O–H groups in total. The molecule has 9 nitrogen and oxygen atoms in total. The van der Waals surface area contributed by atoms with E-state index in [-0.39, 0.29) is 25.5 Å². The molecule has 0 radical (unpaired) electrons. The van der Waals surface area contributed by atoms with Gasteiger partial charge in [-0.05, 0) is 63.8 Å². The number of hydrogen-bond acceptors (Lipinski definition) is 7. The SMILES string of the molecule is CC(C)(C)OC(=O)CN(CC(=O)OC(C)(C)C)C(=O)CCNC(=O)OCC1c2ccccc2-c2ccccc21. The van der Waals surface area contributed by atoms with Crippen LogP contribution < -0.4 is 5.32 Å². The number of carbonyl (C=O) groups excluding carboxylic acids is 4. The van der Waals surface area contributed by atoms with Crippen molar-refractivity contribution in [1.82, 2.24) is 10.2 Å². The number of rotatable bonds is 9. The van der Waals surface area contributed by atoms with Crippen molar-refractivity contribution in [2.45, 2.75) is 65.1 Å². The second kappa shape index (κ2) is 12.3. The van der Waals surface area contributed by atoms with Crippen LogP contribution >= 0.6 is 0 Å². The number of nitrogens with one attached hydrogen (secondary N) is 1. The van der Waals surface area contributed by atoms with E-state index in [4.69, 9.17) is 14.2 Å². The molecule has 0 bridgehead atoms. The van der Waals surface area contributed by atoms with Gasteiger partial charge in [-0.2, -0.15) is 0 Å². The lowest BCUT2D eigenvalue weighted by molar-refractivity contribution is -0.163. The first kappa shape index (κ1) is 29.7. The summed E-state index contributed by atoms with van der Waals surface area (Å²) in [5, 5.41) is 2.58. The smallest absolute Gasteiger partial charge is 0.407 e. The van der Waals surface area contributed by atoms with Gasteiger partial charge in [-0.15, -0.1) is 0 Å². The van der Waals surface area contributed by atoms with E-state index in [2.05, 4.69) is 17.4 Å². The molecule has 0 aromatic heterocycles. The summed E-state index contributed by atoms with van der Waals surface area (Å²) in [6.07, 6.45) is -0.800. The number of fused-ring (bicyclic) bond motifs is 3. The normalized spacial score (nSPS) is 12.7. The fourth-order valence-corrected chi connectivity index (χ4v) is 4.37. The number of carbonyl (C=O) groups is 4. The summed E-state index contributed by atoms with van der Waals surface area (Å²) < 4.78 is 16.1. The van der Waals surface area contributed by atoms with Crippen LogP contribution in [-0.2, 0) is 28.6 Å². The second-order valence-electron chi connectivity index (χ2n) is 11.4. The van der Waals surface area contributed by atoms with E-state index in [1.54, 1.807) is 41.5 Å². The number of esters is 2. The molecule has 0 saturated heterocycles. The Bertz CT molecular complexity index is 1130. The zero-order chi connectivity index (χ0) is 28.8. The molecule has 0 unspecified atom stereocenters. The van der Waals surface area contributed by atoms with Crippen LogP contribution in [0.15, 0.2) is 48.5 Å². The van der Waals surface area contributed by atoms with Gasteiger partial charge in [0.15, 0.2) is 0 Å². The molecule has 1 aliphatic carbocycles. The summed E-state index contributed by atoms with van der Waals surface area (Å²) in [4.78, 5) is 51.1. The van der Waals surface area contributed by atoms with E-state index < -0.39 is 48.2 Å². The third-order valence-corrected chi connectivity index (χ3v) is 5.78. The Morgan fingerprint density at radius 1 is 0.769 bits per heavy atom. The molecule has 0 aliphatic heterocycles. The van der Waals surface area contributed by atoms with E-state index in [9.17, 15) is 19.2 Å². The maximum atomic E-state index is 12.9. The minimum Gasteiger partial charge on any atom is -0.459 e. The minimum atomic E-state index is -0.747. The van der Waals surface area contributed by atoms with E-state index in [1.807, 2.05) is 36.4 Å². The minimum absolute atomic E-state index is 0.0331. The van der Waals surface area contributed by atoms with Gasteiger partial charge in [0.1, 0.15) is 30.9 Å². The average Bonchev–Trinajstić information content (AvgIpc) is 3.13. The molecule has 9 heteroatoms. The van der Waals surface area contributed by atoms with Gasteiger partial charge in [0, 0.05) is 18.9 Å². The number of amides is 2. The Morgan fingerprint density at radius 2 is 1.23 bits per heavy atom. The van der Waals surface area contributed by atoms with Crippen molar-refractivity contribution in [3.05, 3.63) is 59.7 Å². The Morgan fingerprint density at radius 3 is 1.69 bits per heavy atom. The fraction of sp³-hybridized carbons (Fsp3) is 0.467. The van der Waals surface area contributed by atoms with Gasteiger partial charge in [-0.3, -0.25) is 14.4 Å². The van der Waals surface area contributed by atoms with E-state index in [0.717, 1.165) is 27.2 Å². The number of ether oxygens (including phenoxy) is 3. The Hall–Kier alpha value is -3.88. The molecule has 0 atom stereocenters. The van der Waals surface area contributed by atoms with Crippen molar-refractivity contribution in [2.24, 2.45) is 0 Å². The first-order valence-corrected chi connectivity index (χ1v) is 13.0. The fourth-order valence-electron chi connectivity index (χ4n) is 4.37. The summed E-state index contributed by atoms with van der Waals surface area (Å²) in [5.74, 6) is -1.89. The van der Waals surface area contributed by atoms with Gasteiger partial charge in [0.2, 0.25) is 5.91 Å². The number of benzene rings is 2. The van der Waals surface area contributed by atoms with E-state index >= 15 is 0 Å². The quantitative estimate of drug-likeness (QED) is 0.371. The van der Waals surface area contributed by atoms with E-state index in [1.165, 1.54) is 0 Å². The largest absolute Gasteiger partial charge is 0.459 e. The number of hydrogen-bond donors (Lipinski definition) is 1. The topological polar surface area (TPSA) is 111 Å². The van der Waals surface area contributed by atoms with Crippen LogP contribution in [0.3, 0.4) is 0 Å². The molecule has 210 valence electrons. The summed E-state index contributed by atoms with van der Waals surface area (Å²) >= 11 is 0. The Kier molecular flexibility index (Phi) is 9.37. The van der Waals surface area contributed by atoms with Crippen LogP contribution in [-0.4, -0.2) is 66.3 Å². The standard InChI is InChI=1S/C30H38N2O7/c1-29(2,3)38-26(34)17-32(18-27(35)39-30(4,5)6)25(33)15-16-31-28(36)37-19-24-22-13-9-7-11-20(22)21-12-8-10-14-23(21)24/h7-14,24H,15-19H2,1-6H3,(H,31,36). The molecular weight excluding hydrogens is 500 g/mol. The maximum Gasteiger partial charge on any atom is 0.407 e. The summed E-state index contributed by atoms with van der Waals surface area (Å²) in [7, 11) is 0. The molecule has 2 aromatic rings. The Balaban J connectivity index is 1.54. The zero-order valence-electron chi connectivity index (χ0n) is 23.5. The van der Waals surface area contributed by atoms with Gasteiger partial charge in [-0.1, -0.05) is 48.5 Å². The monoisotopic (exact) mass is 538 g/mol. The molecule has 39 heavy (non-hydrogen) atoms. The first-order valence-electron chi connectivity index (χ1n) is 13.0. The lowest BCUT2D eigenvalue weighted by Crippen LogP contribution is -2.44. The molecule has 3 rings (SSSR count). The highest BCUT2D eigenvalue weighted by molar-refractivity contribution is 5.86. The van der Waals surface area contributed by atoms with Gasteiger partial charge in [0.05, 0.1) is 0 Å². The molecule has 0 fully saturated rings.